The van der Waals surface area contributed by atoms with Crippen LogP contribution in [-0.4, -0.2) is 22.9 Å². The fraction of sp³-hybridized carbons (Fsp3) is 0.926. The topological polar surface area (TPSA) is 32.8 Å². The van der Waals surface area contributed by atoms with Gasteiger partial charge in [-0.2, -0.15) is 0 Å². The highest BCUT2D eigenvalue weighted by Gasteiger charge is 2.59. The number of fused-ring (bicyclic) bond motifs is 5. The van der Waals surface area contributed by atoms with Crippen molar-refractivity contribution in [3.05, 3.63) is 11.6 Å². The Morgan fingerprint density at radius 2 is 1.83 bits per heavy atom. The van der Waals surface area contributed by atoms with Gasteiger partial charge in [0, 0.05) is 0 Å². The number of allylic oxidation sites excluding steroid dienone is 1. The van der Waals surface area contributed by atoms with Crippen molar-refractivity contribution in [3.8, 4) is 0 Å². The van der Waals surface area contributed by atoms with E-state index in [1.165, 1.54) is 51.4 Å². The highest BCUT2D eigenvalue weighted by atomic mass is 16.6. The second-order valence-corrected chi connectivity index (χ2v) is 12.6. The number of rotatable bonds is 4. The van der Waals surface area contributed by atoms with Gasteiger partial charge in [-0.15, -0.1) is 0 Å². The molecule has 4 fully saturated rings. The number of aliphatic hydroxyl groups excluding tert-OH is 1. The fourth-order valence-corrected chi connectivity index (χ4v) is 8.97. The molecule has 2 heteroatoms. The molecule has 0 unspecified atom stereocenters. The summed E-state index contributed by atoms with van der Waals surface area (Å²) in [4.78, 5) is 0. The molecule has 0 bridgehead atoms. The lowest BCUT2D eigenvalue weighted by molar-refractivity contribution is -0.0573. The van der Waals surface area contributed by atoms with Crippen molar-refractivity contribution >= 4 is 0 Å². The molecule has 0 spiro atoms. The molecule has 3 saturated carbocycles. The molecule has 5 rings (SSSR count). The Morgan fingerprint density at radius 3 is 2.55 bits per heavy atom. The lowest BCUT2D eigenvalue weighted by Gasteiger charge is -2.58. The third kappa shape index (κ3) is 3.18. The Morgan fingerprint density at radius 1 is 1.07 bits per heavy atom. The maximum Gasteiger partial charge on any atom is 0.0892 e. The Hall–Kier alpha value is -0.340. The minimum atomic E-state index is -0.0862. The third-order valence-electron chi connectivity index (χ3n) is 10.9. The Labute approximate surface area is 178 Å². The number of hydrogen-bond acceptors (Lipinski definition) is 2. The SMILES string of the molecule is C[C@H](CC[C@@H]1OC1(C)C)[C@H]1CC[C@H]2[C@@H]3CC=C4C[C@@H](O)CC[C@]4(C)[C@@H]3CC[C@]12C. The van der Waals surface area contributed by atoms with Crippen LogP contribution in [0.2, 0.25) is 0 Å². The first kappa shape index (κ1) is 20.6. The molecular formula is C27H44O2. The molecule has 2 nitrogen and oxygen atoms in total. The molecule has 164 valence electrons. The molecular weight excluding hydrogens is 356 g/mol. The molecule has 1 heterocycles. The van der Waals surface area contributed by atoms with Gasteiger partial charge in [0.15, 0.2) is 0 Å². The van der Waals surface area contributed by atoms with Gasteiger partial charge in [-0.3, -0.25) is 0 Å². The van der Waals surface area contributed by atoms with E-state index in [-0.39, 0.29) is 11.7 Å². The summed E-state index contributed by atoms with van der Waals surface area (Å²) in [5.74, 6) is 4.41. The predicted octanol–water partition coefficient (Wildman–Crippen LogP) is 6.52. The maximum atomic E-state index is 10.2. The predicted molar refractivity (Wildman–Crippen MR) is 119 cm³/mol. The number of hydrogen-bond donors (Lipinski definition) is 1. The van der Waals surface area contributed by atoms with E-state index in [0.717, 1.165) is 42.4 Å². The van der Waals surface area contributed by atoms with Crippen LogP contribution in [0, 0.1) is 40.4 Å². The number of aliphatic hydroxyl groups is 1. The molecule has 1 aliphatic heterocycles. The molecule has 1 saturated heterocycles. The maximum absolute atomic E-state index is 10.2. The van der Waals surface area contributed by atoms with Gasteiger partial charge in [0.25, 0.3) is 0 Å². The second kappa shape index (κ2) is 6.83. The van der Waals surface area contributed by atoms with E-state index in [9.17, 15) is 5.11 Å². The molecule has 0 amide bonds. The Bertz CT molecular complexity index is 680. The average Bonchev–Trinajstić information content (AvgIpc) is 3.11. The molecule has 29 heavy (non-hydrogen) atoms. The van der Waals surface area contributed by atoms with Crippen molar-refractivity contribution in [2.45, 2.75) is 117 Å². The van der Waals surface area contributed by atoms with Crippen LogP contribution in [0.5, 0.6) is 0 Å². The van der Waals surface area contributed by atoms with Gasteiger partial charge in [0.05, 0.1) is 17.8 Å². The molecule has 4 aliphatic carbocycles. The molecule has 0 radical (unpaired) electrons. The highest BCUT2D eigenvalue weighted by molar-refractivity contribution is 5.25. The van der Waals surface area contributed by atoms with E-state index >= 15 is 0 Å². The van der Waals surface area contributed by atoms with Crippen LogP contribution < -0.4 is 0 Å². The Kier molecular flexibility index (Phi) is 4.84. The summed E-state index contributed by atoms with van der Waals surface area (Å²) < 4.78 is 5.86. The minimum Gasteiger partial charge on any atom is -0.393 e. The molecule has 0 aromatic heterocycles. The van der Waals surface area contributed by atoms with Crippen molar-refractivity contribution in [1.29, 1.82) is 0 Å². The van der Waals surface area contributed by atoms with Gasteiger partial charge in [0.2, 0.25) is 0 Å². The standard InChI is InChI=1S/C27H44O2/c1-17(6-11-24-25(2,3)29-24)21-9-10-22-20-8-7-18-16-19(28)12-14-26(18,4)23(20)13-15-27(21,22)5/h7,17,19-24,28H,6,8-16H2,1-5H3/t17-,19+,20+,21-,22+,23-,24+,26+,27-/m1/s1. The summed E-state index contributed by atoms with van der Waals surface area (Å²) >= 11 is 0. The van der Waals surface area contributed by atoms with Crippen LogP contribution in [-0.2, 0) is 4.74 Å². The average molecular weight is 401 g/mol. The molecule has 0 aromatic rings. The van der Waals surface area contributed by atoms with Gasteiger partial charge in [-0.25, -0.2) is 0 Å². The minimum absolute atomic E-state index is 0.0862. The van der Waals surface area contributed by atoms with Crippen LogP contribution in [0.1, 0.15) is 98.8 Å². The van der Waals surface area contributed by atoms with Crippen molar-refractivity contribution in [3.63, 3.8) is 0 Å². The lowest BCUT2D eigenvalue weighted by Crippen LogP contribution is -2.50. The molecule has 1 N–H and O–H groups in total. The Balaban J connectivity index is 1.30. The van der Waals surface area contributed by atoms with Crippen molar-refractivity contribution in [1.82, 2.24) is 0 Å². The number of ether oxygens (including phenoxy) is 1. The summed E-state index contributed by atoms with van der Waals surface area (Å²) in [7, 11) is 0. The largest absolute Gasteiger partial charge is 0.393 e. The van der Waals surface area contributed by atoms with Crippen LogP contribution >= 0.6 is 0 Å². The van der Waals surface area contributed by atoms with E-state index < -0.39 is 0 Å². The van der Waals surface area contributed by atoms with Crippen LogP contribution in [0.15, 0.2) is 11.6 Å². The summed E-state index contributed by atoms with van der Waals surface area (Å²) in [6.07, 6.45) is 15.8. The first-order valence-electron chi connectivity index (χ1n) is 12.7. The van der Waals surface area contributed by atoms with Gasteiger partial charge in [-0.1, -0.05) is 32.4 Å². The van der Waals surface area contributed by atoms with Crippen LogP contribution in [0.3, 0.4) is 0 Å². The normalized spacial score (nSPS) is 51.4. The third-order valence-corrected chi connectivity index (χ3v) is 10.9. The van der Waals surface area contributed by atoms with Crippen molar-refractivity contribution in [2.75, 3.05) is 0 Å². The lowest BCUT2D eigenvalue weighted by atomic mass is 9.47. The van der Waals surface area contributed by atoms with Gasteiger partial charge >= 0.3 is 0 Å². The fourth-order valence-electron chi connectivity index (χ4n) is 8.97. The van der Waals surface area contributed by atoms with Crippen LogP contribution in [0.4, 0.5) is 0 Å². The van der Waals surface area contributed by atoms with Crippen molar-refractivity contribution < 1.29 is 9.84 Å². The van der Waals surface area contributed by atoms with E-state index in [2.05, 4.69) is 40.7 Å². The first-order valence-corrected chi connectivity index (χ1v) is 12.7. The second-order valence-electron chi connectivity index (χ2n) is 12.6. The zero-order valence-corrected chi connectivity index (χ0v) is 19.5. The van der Waals surface area contributed by atoms with E-state index in [1.54, 1.807) is 5.57 Å². The van der Waals surface area contributed by atoms with E-state index in [1.807, 2.05) is 0 Å². The first-order chi connectivity index (χ1) is 13.6. The smallest absolute Gasteiger partial charge is 0.0892 e. The zero-order chi connectivity index (χ0) is 20.6. The molecule has 9 atom stereocenters. The summed E-state index contributed by atoms with van der Waals surface area (Å²) in [5.41, 5.74) is 2.68. The van der Waals surface area contributed by atoms with Gasteiger partial charge < -0.3 is 9.84 Å². The highest BCUT2D eigenvalue weighted by Crippen LogP contribution is 2.67. The van der Waals surface area contributed by atoms with E-state index in [0.29, 0.717) is 16.9 Å². The molecule has 0 aromatic carbocycles. The molecule has 5 aliphatic rings. The van der Waals surface area contributed by atoms with Crippen molar-refractivity contribution in [2.24, 2.45) is 40.4 Å². The quantitative estimate of drug-likeness (QED) is 0.430. The van der Waals surface area contributed by atoms with Crippen LogP contribution in [0.25, 0.3) is 0 Å². The zero-order valence-electron chi connectivity index (χ0n) is 19.5. The summed E-state index contributed by atoms with van der Waals surface area (Å²) in [5, 5.41) is 10.2. The van der Waals surface area contributed by atoms with E-state index in [4.69, 9.17) is 4.74 Å². The number of epoxide rings is 1. The summed E-state index contributed by atoms with van der Waals surface area (Å²) in [6, 6.07) is 0. The monoisotopic (exact) mass is 400 g/mol. The van der Waals surface area contributed by atoms with Gasteiger partial charge in [0.1, 0.15) is 0 Å². The van der Waals surface area contributed by atoms with Gasteiger partial charge in [-0.05, 0) is 118 Å². The summed E-state index contributed by atoms with van der Waals surface area (Å²) in [6.45, 7) is 12.3.